The third kappa shape index (κ3) is 2.90. The van der Waals surface area contributed by atoms with Crippen molar-refractivity contribution >= 4 is 12.0 Å². The van der Waals surface area contributed by atoms with Gasteiger partial charge in [0.2, 0.25) is 5.89 Å². The number of hydrogen-bond acceptors (Lipinski definition) is 5. The highest BCUT2D eigenvalue weighted by Crippen LogP contribution is 2.19. The molecule has 110 valence electrons. The lowest BCUT2D eigenvalue weighted by molar-refractivity contribution is -0.141. The number of carboxylic acid groups (broad SMARTS) is 1. The first kappa shape index (κ1) is 14.3. The van der Waals surface area contributed by atoms with E-state index in [2.05, 4.69) is 10.3 Å². The van der Waals surface area contributed by atoms with Gasteiger partial charge in [-0.15, -0.1) is 0 Å². The van der Waals surface area contributed by atoms with E-state index in [1.165, 1.54) is 6.20 Å². The summed E-state index contributed by atoms with van der Waals surface area (Å²) in [5, 5.41) is 21.2. The lowest BCUT2D eigenvalue weighted by Crippen LogP contribution is -2.46. The van der Waals surface area contributed by atoms with Crippen molar-refractivity contribution in [2.75, 3.05) is 6.54 Å². The van der Waals surface area contributed by atoms with Gasteiger partial charge >= 0.3 is 12.0 Å². The summed E-state index contributed by atoms with van der Waals surface area (Å²) >= 11 is 0. The number of amides is 2. The molecule has 1 saturated heterocycles. The minimum atomic E-state index is -1.13. The molecule has 0 saturated carbocycles. The molecule has 0 spiro atoms. The van der Waals surface area contributed by atoms with Crippen LogP contribution in [0.3, 0.4) is 0 Å². The summed E-state index contributed by atoms with van der Waals surface area (Å²) in [6.45, 7) is 3.42. The van der Waals surface area contributed by atoms with E-state index in [-0.39, 0.29) is 13.0 Å². The van der Waals surface area contributed by atoms with E-state index in [1.54, 1.807) is 13.8 Å². The van der Waals surface area contributed by atoms with Crippen molar-refractivity contribution in [2.45, 2.75) is 38.5 Å². The van der Waals surface area contributed by atoms with Crippen molar-refractivity contribution in [3.05, 3.63) is 17.8 Å². The van der Waals surface area contributed by atoms with Crippen LogP contribution in [0.2, 0.25) is 0 Å². The number of aliphatic hydroxyl groups excluding tert-OH is 1. The molecular weight excluding hydrogens is 266 g/mol. The second-order valence-electron chi connectivity index (χ2n) is 4.88. The van der Waals surface area contributed by atoms with E-state index in [0.29, 0.717) is 11.7 Å². The van der Waals surface area contributed by atoms with E-state index in [9.17, 15) is 14.7 Å². The lowest BCUT2D eigenvalue weighted by Gasteiger charge is -2.23. The SMILES string of the molecule is Cc1cnc(C(C)NC(=O)N2C[C@@H](O)C[C@H]2C(=O)O)o1. The number of β-amino-alcohol motifs (C(OH)–C–C–N with tert-alkyl or cyclic N) is 1. The topological polar surface area (TPSA) is 116 Å². The standard InChI is InChI=1S/C12H17N3O5/c1-6-4-13-10(20-6)7(2)14-12(19)15-5-8(16)3-9(15)11(17)18/h4,7-9,16H,3,5H2,1-2H3,(H,14,19)(H,17,18)/t7?,8-,9-/m0/s1. The van der Waals surface area contributed by atoms with Gasteiger partial charge in [0, 0.05) is 13.0 Å². The third-order valence-corrected chi connectivity index (χ3v) is 3.17. The Bertz CT molecular complexity index is 515. The molecule has 0 aliphatic carbocycles. The average Bonchev–Trinajstić information content (AvgIpc) is 2.95. The van der Waals surface area contributed by atoms with Crippen LogP contribution in [0, 0.1) is 6.92 Å². The maximum absolute atomic E-state index is 12.1. The number of aromatic nitrogens is 1. The Morgan fingerprint density at radius 3 is 2.85 bits per heavy atom. The molecule has 1 aromatic rings. The number of oxazole rings is 1. The molecule has 3 N–H and O–H groups in total. The molecule has 0 radical (unpaired) electrons. The van der Waals surface area contributed by atoms with Crippen LogP contribution in [0.5, 0.6) is 0 Å². The van der Waals surface area contributed by atoms with Gasteiger partial charge in [-0.1, -0.05) is 0 Å². The number of aryl methyl sites for hydroxylation is 1. The predicted molar refractivity (Wildman–Crippen MR) is 66.9 cm³/mol. The zero-order valence-electron chi connectivity index (χ0n) is 11.2. The Kier molecular flexibility index (Phi) is 3.93. The Morgan fingerprint density at radius 1 is 1.60 bits per heavy atom. The highest BCUT2D eigenvalue weighted by molar-refractivity contribution is 5.83. The van der Waals surface area contributed by atoms with Gasteiger partial charge in [-0.3, -0.25) is 0 Å². The first-order valence-electron chi connectivity index (χ1n) is 6.28. The Labute approximate surface area is 115 Å². The molecule has 1 fully saturated rings. The summed E-state index contributed by atoms with van der Waals surface area (Å²) in [5.74, 6) is -0.153. The average molecular weight is 283 g/mol. The third-order valence-electron chi connectivity index (χ3n) is 3.17. The maximum atomic E-state index is 12.1. The van der Waals surface area contributed by atoms with Gasteiger partial charge in [0.05, 0.1) is 12.3 Å². The molecule has 2 amide bonds. The molecular formula is C12H17N3O5. The number of carbonyl (C=O) groups excluding carboxylic acids is 1. The maximum Gasteiger partial charge on any atom is 0.326 e. The molecule has 1 aliphatic rings. The summed E-state index contributed by atoms with van der Waals surface area (Å²) in [7, 11) is 0. The number of hydrogen-bond donors (Lipinski definition) is 3. The number of nitrogens with zero attached hydrogens (tertiary/aromatic N) is 2. The molecule has 3 atom stereocenters. The van der Waals surface area contributed by atoms with Crippen molar-refractivity contribution in [3.63, 3.8) is 0 Å². The molecule has 0 aromatic carbocycles. The fourth-order valence-electron chi connectivity index (χ4n) is 2.17. The van der Waals surface area contributed by atoms with Crippen molar-refractivity contribution in [1.29, 1.82) is 0 Å². The quantitative estimate of drug-likeness (QED) is 0.733. The predicted octanol–water partition coefficient (Wildman–Crippen LogP) is 0.273. The highest BCUT2D eigenvalue weighted by atomic mass is 16.4. The van der Waals surface area contributed by atoms with Gasteiger partial charge in [0.25, 0.3) is 0 Å². The number of likely N-dealkylation sites (tertiary alicyclic amines) is 1. The van der Waals surface area contributed by atoms with Crippen LogP contribution in [-0.2, 0) is 4.79 Å². The van der Waals surface area contributed by atoms with Gasteiger partial charge in [0.1, 0.15) is 17.8 Å². The molecule has 2 rings (SSSR count). The molecule has 0 bridgehead atoms. The van der Waals surface area contributed by atoms with Crippen LogP contribution in [0.25, 0.3) is 0 Å². The summed E-state index contributed by atoms with van der Waals surface area (Å²) in [6, 6.07) is -2.05. The highest BCUT2D eigenvalue weighted by Gasteiger charge is 2.39. The number of carbonyl (C=O) groups is 2. The largest absolute Gasteiger partial charge is 0.480 e. The normalized spacial score (nSPS) is 23.6. The van der Waals surface area contributed by atoms with Crippen molar-refractivity contribution in [2.24, 2.45) is 0 Å². The molecule has 1 unspecified atom stereocenters. The van der Waals surface area contributed by atoms with Crippen molar-refractivity contribution in [1.82, 2.24) is 15.2 Å². The number of carboxylic acids is 1. The summed E-state index contributed by atoms with van der Waals surface area (Å²) in [5.41, 5.74) is 0. The van der Waals surface area contributed by atoms with E-state index in [4.69, 9.17) is 9.52 Å². The smallest absolute Gasteiger partial charge is 0.326 e. The zero-order valence-corrected chi connectivity index (χ0v) is 11.2. The second-order valence-corrected chi connectivity index (χ2v) is 4.88. The number of urea groups is 1. The van der Waals surface area contributed by atoms with Crippen LogP contribution in [-0.4, -0.2) is 50.8 Å². The van der Waals surface area contributed by atoms with Gasteiger partial charge in [-0.25, -0.2) is 14.6 Å². The van der Waals surface area contributed by atoms with E-state index >= 15 is 0 Å². The van der Waals surface area contributed by atoms with Crippen molar-refractivity contribution in [3.8, 4) is 0 Å². The Hall–Kier alpha value is -2.09. The molecule has 2 heterocycles. The van der Waals surface area contributed by atoms with Crippen LogP contribution >= 0.6 is 0 Å². The lowest BCUT2D eigenvalue weighted by atomic mass is 10.2. The number of aliphatic hydroxyl groups is 1. The number of aliphatic carboxylic acids is 1. The zero-order chi connectivity index (χ0) is 14.9. The fourth-order valence-corrected chi connectivity index (χ4v) is 2.17. The summed E-state index contributed by atoms with van der Waals surface area (Å²) in [4.78, 5) is 28.2. The van der Waals surface area contributed by atoms with Crippen molar-refractivity contribution < 1.29 is 24.2 Å². The monoisotopic (exact) mass is 283 g/mol. The molecule has 1 aliphatic heterocycles. The fraction of sp³-hybridized carbons (Fsp3) is 0.583. The molecule has 8 nitrogen and oxygen atoms in total. The summed E-state index contributed by atoms with van der Waals surface area (Å²) < 4.78 is 5.29. The molecule has 20 heavy (non-hydrogen) atoms. The second kappa shape index (κ2) is 5.49. The number of rotatable bonds is 3. The van der Waals surface area contributed by atoms with Crippen LogP contribution < -0.4 is 5.32 Å². The van der Waals surface area contributed by atoms with E-state index < -0.39 is 30.2 Å². The first-order chi connectivity index (χ1) is 9.38. The number of nitrogens with one attached hydrogen (secondary N) is 1. The first-order valence-corrected chi connectivity index (χ1v) is 6.28. The van der Waals surface area contributed by atoms with Crippen LogP contribution in [0.1, 0.15) is 31.0 Å². The Balaban J connectivity index is 2.02. The van der Waals surface area contributed by atoms with Crippen LogP contribution in [0.4, 0.5) is 4.79 Å². The molecule has 1 aromatic heterocycles. The van der Waals surface area contributed by atoms with Gasteiger partial charge < -0.3 is 24.8 Å². The minimum Gasteiger partial charge on any atom is -0.480 e. The Morgan fingerprint density at radius 2 is 2.30 bits per heavy atom. The van der Waals surface area contributed by atoms with Gasteiger partial charge in [-0.05, 0) is 13.8 Å². The minimum absolute atomic E-state index is 0.000130. The van der Waals surface area contributed by atoms with Gasteiger partial charge in [-0.2, -0.15) is 0 Å². The summed E-state index contributed by atoms with van der Waals surface area (Å²) in [6.07, 6.45) is 0.758. The van der Waals surface area contributed by atoms with Crippen LogP contribution in [0.15, 0.2) is 10.6 Å². The van der Waals surface area contributed by atoms with E-state index in [0.717, 1.165) is 4.90 Å². The van der Waals surface area contributed by atoms with E-state index in [1.807, 2.05) is 0 Å². The molecule has 8 heteroatoms. The van der Waals surface area contributed by atoms with Gasteiger partial charge in [0.15, 0.2) is 0 Å².